The van der Waals surface area contributed by atoms with Crippen molar-refractivity contribution in [3.05, 3.63) is 29.3 Å². The Morgan fingerprint density at radius 2 is 2.12 bits per heavy atom. The number of piperidine rings is 1. The van der Waals surface area contributed by atoms with E-state index < -0.39 is 0 Å². The summed E-state index contributed by atoms with van der Waals surface area (Å²) >= 11 is 6.05. The number of halogens is 1. The zero-order valence-corrected chi connectivity index (χ0v) is 11.2. The quantitative estimate of drug-likeness (QED) is 0.886. The van der Waals surface area contributed by atoms with E-state index in [1.54, 1.807) is 0 Å². The molecule has 0 bridgehead atoms. The number of benzene rings is 1. The Morgan fingerprint density at radius 1 is 1.35 bits per heavy atom. The molecule has 1 aliphatic heterocycles. The molecule has 2 rings (SSSR count). The van der Waals surface area contributed by atoms with Crippen LogP contribution < -0.4 is 10.2 Å². The van der Waals surface area contributed by atoms with E-state index in [4.69, 9.17) is 11.6 Å². The summed E-state index contributed by atoms with van der Waals surface area (Å²) in [5.41, 5.74) is 1.25. The Kier molecular flexibility index (Phi) is 4.69. The molecular weight excluding hydrogens is 232 g/mol. The second kappa shape index (κ2) is 6.27. The highest BCUT2D eigenvalue weighted by molar-refractivity contribution is 6.30. The molecule has 1 saturated heterocycles. The average Bonchev–Trinajstić information content (AvgIpc) is 2.37. The van der Waals surface area contributed by atoms with Crippen LogP contribution in [0.5, 0.6) is 0 Å². The Hall–Kier alpha value is -0.730. The second-order valence-electron chi connectivity index (χ2n) is 4.71. The summed E-state index contributed by atoms with van der Waals surface area (Å²) in [7, 11) is 0. The number of hydrogen-bond donors (Lipinski definition) is 1. The Labute approximate surface area is 109 Å². The molecule has 0 saturated carbocycles. The van der Waals surface area contributed by atoms with Crippen molar-refractivity contribution in [1.29, 1.82) is 0 Å². The van der Waals surface area contributed by atoms with Gasteiger partial charge in [0.1, 0.15) is 0 Å². The molecule has 0 spiro atoms. The minimum Gasteiger partial charge on any atom is -0.371 e. The molecule has 0 atom stereocenters. The highest BCUT2D eigenvalue weighted by atomic mass is 35.5. The molecule has 1 heterocycles. The maximum Gasteiger partial charge on any atom is 0.0426 e. The Balaban J connectivity index is 2.00. The third kappa shape index (κ3) is 3.62. The van der Waals surface area contributed by atoms with Crippen LogP contribution in [0.25, 0.3) is 0 Å². The van der Waals surface area contributed by atoms with Gasteiger partial charge in [0.05, 0.1) is 0 Å². The van der Waals surface area contributed by atoms with Gasteiger partial charge in [0.25, 0.3) is 0 Å². The van der Waals surface area contributed by atoms with E-state index in [1.807, 2.05) is 12.1 Å². The largest absolute Gasteiger partial charge is 0.371 e. The lowest BCUT2D eigenvalue weighted by atomic mass is 9.97. The normalized spacial score (nSPS) is 17.1. The van der Waals surface area contributed by atoms with Crippen molar-refractivity contribution in [3.8, 4) is 0 Å². The Morgan fingerprint density at radius 3 is 2.76 bits per heavy atom. The van der Waals surface area contributed by atoms with Gasteiger partial charge < -0.3 is 10.2 Å². The van der Waals surface area contributed by atoms with Gasteiger partial charge in [-0.1, -0.05) is 17.7 Å². The van der Waals surface area contributed by atoms with Crippen LogP contribution in [0.15, 0.2) is 24.3 Å². The zero-order chi connectivity index (χ0) is 12.1. The minimum absolute atomic E-state index is 0.815. The summed E-state index contributed by atoms with van der Waals surface area (Å²) in [6.45, 7) is 6.74. The van der Waals surface area contributed by atoms with Gasteiger partial charge in [0, 0.05) is 23.8 Å². The van der Waals surface area contributed by atoms with E-state index in [1.165, 1.54) is 18.5 Å². The molecule has 94 valence electrons. The van der Waals surface area contributed by atoms with E-state index >= 15 is 0 Å². The molecule has 1 aromatic rings. The van der Waals surface area contributed by atoms with E-state index in [0.29, 0.717) is 0 Å². The summed E-state index contributed by atoms with van der Waals surface area (Å²) < 4.78 is 0. The lowest BCUT2D eigenvalue weighted by molar-refractivity contribution is 0.374. The SMILES string of the molecule is CCN(CC1CCNCC1)c1cccc(Cl)c1. The zero-order valence-electron chi connectivity index (χ0n) is 10.5. The van der Waals surface area contributed by atoms with Crippen molar-refractivity contribution < 1.29 is 0 Å². The first-order valence-corrected chi connectivity index (χ1v) is 6.88. The maximum absolute atomic E-state index is 6.05. The molecule has 3 heteroatoms. The predicted molar refractivity (Wildman–Crippen MR) is 74.9 cm³/mol. The maximum atomic E-state index is 6.05. The van der Waals surface area contributed by atoms with Crippen molar-refractivity contribution in [1.82, 2.24) is 5.32 Å². The van der Waals surface area contributed by atoms with Gasteiger partial charge in [-0.2, -0.15) is 0 Å². The van der Waals surface area contributed by atoms with Crippen LogP contribution >= 0.6 is 11.6 Å². The lowest BCUT2D eigenvalue weighted by Crippen LogP contribution is -2.36. The van der Waals surface area contributed by atoms with E-state index in [2.05, 4.69) is 29.3 Å². The van der Waals surface area contributed by atoms with Crippen LogP contribution in [0.4, 0.5) is 5.69 Å². The molecule has 0 aliphatic carbocycles. The Bertz CT molecular complexity index is 348. The first-order valence-electron chi connectivity index (χ1n) is 6.51. The van der Waals surface area contributed by atoms with Crippen molar-refractivity contribution in [2.45, 2.75) is 19.8 Å². The molecule has 1 N–H and O–H groups in total. The van der Waals surface area contributed by atoms with Crippen molar-refractivity contribution in [3.63, 3.8) is 0 Å². The molecule has 2 nitrogen and oxygen atoms in total. The lowest BCUT2D eigenvalue weighted by Gasteiger charge is -2.31. The van der Waals surface area contributed by atoms with Crippen LogP contribution in [0, 0.1) is 5.92 Å². The summed E-state index contributed by atoms with van der Waals surface area (Å²) in [5.74, 6) is 0.815. The fraction of sp³-hybridized carbons (Fsp3) is 0.571. The predicted octanol–water partition coefficient (Wildman–Crippen LogP) is 3.17. The number of anilines is 1. The molecular formula is C14H21ClN2. The highest BCUT2D eigenvalue weighted by Crippen LogP contribution is 2.22. The smallest absolute Gasteiger partial charge is 0.0426 e. The van der Waals surface area contributed by atoms with Crippen LogP contribution in [-0.4, -0.2) is 26.2 Å². The average molecular weight is 253 g/mol. The second-order valence-corrected chi connectivity index (χ2v) is 5.15. The van der Waals surface area contributed by atoms with Gasteiger partial charge in [-0.05, 0) is 57.0 Å². The molecule has 0 amide bonds. The number of hydrogen-bond acceptors (Lipinski definition) is 2. The van der Waals surface area contributed by atoms with Crippen molar-refractivity contribution >= 4 is 17.3 Å². The first-order chi connectivity index (χ1) is 8.29. The summed E-state index contributed by atoms with van der Waals surface area (Å²) in [5, 5.41) is 4.24. The highest BCUT2D eigenvalue weighted by Gasteiger charge is 2.16. The van der Waals surface area contributed by atoms with Crippen LogP contribution in [0.3, 0.4) is 0 Å². The molecule has 0 radical (unpaired) electrons. The fourth-order valence-corrected chi connectivity index (χ4v) is 2.65. The topological polar surface area (TPSA) is 15.3 Å². The first kappa shape index (κ1) is 12.7. The van der Waals surface area contributed by atoms with Gasteiger partial charge in [-0.3, -0.25) is 0 Å². The molecule has 1 fully saturated rings. The van der Waals surface area contributed by atoms with Gasteiger partial charge in [0.15, 0.2) is 0 Å². The van der Waals surface area contributed by atoms with Gasteiger partial charge in [-0.25, -0.2) is 0 Å². The fourth-order valence-electron chi connectivity index (χ4n) is 2.47. The van der Waals surface area contributed by atoms with E-state index in [-0.39, 0.29) is 0 Å². The third-order valence-electron chi connectivity index (χ3n) is 3.49. The standard InChI is InChI=1S/C14H21ClN2/c1-2-17(11-12-6-8-16-9-7-12)14-5-3-4-13(15)10-14/h3-5,10,12,16H,2,6-9,11H2,1H3. The van der Waals surface area contributed by atoms with Gasteiger partial charge >= 0.3 is 0 Å². The summed E-state index contributed by atoms with van der Waals surface area (Å²) in [4.78, 5) is 2.43. The number of nitrogens with zero attached hydrogens (tertiary/aromatic N) is 1. The summed E-state index contributed by atoms with van der Waals surface area (Å²) in [6, 6.07) is 8.18. The third-order valence-corrected chi connectivity index (χ3v) is 3.73. The molecule has 1 aliphatic rings. The van der Waals surface area contributed by atoms with E-state index in [9.17, 15) is 0 Å². The molecule has 17 heavy (non-hydrogen) atoms. The minimum atomic E-state index is 0.815. The molecule has 0 aromatic heterocycles. The molecule has 1 aromatic carbocycles. The van der Waals surface area contributed by atoms with Gasteiger partial charge in [0.2, 0.25) is 0 Å². The monoisotopic (exact) mass is 252 g/mol. The number of rotatable bonds is 4. The van der Waals surface area contributed by atoms with Crippen molar-refractivity contribution in [2.75, 3.05) is 31.1 Å². The number of nitrogens with one attached hydrogen (secondary N) is 1. The van der Waals surface area contributed by atoms with Crippen molar-refractivity contribution in [2.24, 2.45) is 5.92 Å². The van der Waals surface area contributed by atoms with E-state index in [0.717, 1.165) is 37.1 Å². The molecule has 0 unspecified atom stereocenters. The van der Waals surface area contributed by atoms with Crippen LogP contribution in [0.2, 0.25) is 5.02 Å². The summed E-state index contributed by atoms with van der Waals surface area (Å²) in [6.07, 6.45) is 2.58. The van der Waals surface area contributed by atoms with Gasteiger partial charge in [-0.15, -0.1) is 0 Å². The van der Waals surface area contributed by atoms with Crippen LogP contribution in [0.1, 0.15) is 19.8 Å². The van der Waals surface area contributed by atoms with Crippen LogP contribution in [-0.2, 0) is 0 Å².